The van der Waals surface area contributed by atoms with Crippen LogP contribution in [0.25, 0.3) is 0 Å². The van der Waals surface area contributed by atoms with Gasteiger partial charge in [-0.05, 0) is 49.4 Å². The lowest BCUT2D eigenvalue weighted by molar-refractivity contribution is -0.161. The molecule has 3 N–H and O–H groups in total. The lowest BCUT2D eigenvalue weighted by Gasteiger charge is -2.21. The monoisotopic (exact) mass is 1400 g/mol. The minimum atomic E-state index is -4.96. The summed E-state index contributed by atoms with van der Waals surface area (Å²) in [5, 5.41) is 10.6. The normalized spacial score (nSPS) is 15.0. The maximum atomic E-state index is 13.1. The fourth-order valence-corrected chi connectivity index (χ4v) is 13.0. The van der Waals surface area contributed by atoms with Crippen LogP contribution in [0.2, 0.25) is 0 Å². The Morgan fingerprint density at radius 1 is 0.295 bits per heavy atom. The number of rotatable bonds is 73. The van der Waals surface area contributed by atoms with Crippen LogP contribution < -0.4 is 0 Å². The second kappa shape index (κ2) is 65.4. The maximum absolute atomic E-state index is 13.1. The number of aliphatic hydroxyl groups excluding tert-OH is 1. The Balaban J connectivity index is 5.25. The summed E-state index contributed by atoms with van der Waals surface area (Å²) in [6.45, 7) is 14.2. The molecule has 95 heavy (non-hydrogen) atoms. The molecule has 0 aliphatic heterocycles. The first-order valence-electron chi connectivity index (χ1n) is 39.3. The third-order valence-electron chi connectivity index (χ3n) is 18.7. The maximum Gasteiger partial charge on any atom is 0.472 e. The number of aliphatic hydroxyl groups is 1. The Morgan fingerprint density at radius 3 is 0.747 bits per heavy atom. The van der Waals surface area contributed by atoms with Crippen LogP contribution in [0, 0.1) is 23.7 Å². The molecule has 0 fully saturated rings. The van der Waals surface area contributed by atoms with E-state index in [1.54, 1.807) is 0 Å². The summed E-state index contributed by atoms with van der Waals surface area (Å²) in [6, 6.07) is 0. The van der Waals surface area contributed by atoms with E-state index >= 15 is 0 Å². The molecule has 17 nitrogen and oxygen atoms in total. The van der Waals surface area contributed by atoms with Gasteiger partial charge < -0.3 is 33.8 Å². The van der Waals surface area contributed by atoms with Crippen LogP contribution in [0.1, 0.15) is 383 Å². The van der Waals surface area contributed by atoms with Gasteiger partial charge in [-0.25, -0.2) is 9.13 Å². The SMILES string of the molecule is CCC(C)CCCCCCCCCCCCCCCCC(=O)O[C@H](COC(=O)CCCCCCCCCCC(C)CC)COP(=O)(O)OC[C@@H](O)COP(=O)(O)OC[C@@H](COC(=O)CCCCCCCCC(C)CC)OC(=O)CCCCCCCCCCCCCCC(C)C. The zero-order chi connectivity index (χ0) is 70.3. The Bertz CT molecular complexity index is 1870. The van der Waals surface area contributed by atoms with E-state index in [4.69, 9.17) is 37.0 Å². The molecule has 0 spiro atoms. The molecule has 0 aromatic heterocycles. The van der Waals surface area contributed by atoms with Crippen molar-refractivity contribution >= 4 is 39.5 Å². The topological polar surface area (TPSA) is 237 Å². The fourth-order valence-electron chi connectivity index (χ4n) is 11.5. The van der Waals surface area contributed by atoms with Crippen molar-refractivity contribution in [3.05, 3.63) is 0 Å². The molecule has 0 aromatic rings. The van der Waals surface area contributed by atoms with Crippen molar-refractivity contribution in [3.8, 4) is 0 Å². The van der Waals surface area contributed by atoms with Crippen molar-refractivity contribution in [1.29, 1.82) is 0 Å². The number of ether oxygens (including phenoxy) is 4. The Hall–Kier alpha value is -1.94. The Morgan fingerprint density at radius 2 is 0.505 bits per heavy atom. The number of phosphoric ester groups is 2. The predicted molar refractivity (Wildman–Crippen MR) is 386 cm³/mol. The van der Waals surface area contributed by atoms with E-state index in [9.17, 15) is 43.2 Å². The number of phosphoric acid groups is 2. The second-order valence-electron chi connectivity index (χ2n) is 28.6. The van der Waals surface area contributed by atoms with Gasteiger partial charge in [-0.3, -0.25) is 37.3 Å². The van der Waals surface area contributed by atoms with Crippen molar-refractivity contribution in [2.45, 2.75) is 401 Å². The largest absolute Gasteiger partial charge is 0.472 e. The standard InChI is InChI=1S/C76H148O17P2/c1-9-67(6)53-45-37-29-23-19-14-12-13-15-20-24-32-42-50-58-75(80)92-71(62-86-73(78)56-48-40-31-27-26-30-38-46-54-68(7)10-2)64-90-94(82,83)88-60-70(77)61-89-95(84,85)91-65-72(63-87-74(79)57-49-41-35-34-39-47-55-69(8)11-3)93-76(81)59-51-43-33-25-21-17-16-18-22-28-36-44-52-66(4)5/h66-72,77H,9-65H2,1-8H3,(H,82,83)(H,84,85)/t67?,68?,69?,70-,71-,72-/m1/s1. The molecule has 0 bridgehead atoms. The van der Waals surface area contributed by atoms with E-state index in [1.165, 1.54) is 180 Å². The summed E-state index contributed by atoms with van der Waals surface area (Å²) in [7, 11) is -9.91. The highest BCUT2D eigenvalue weighted by Crippen LogP contribution is 2.45. The van der Waals surface area contributed by atoms with Crippen LogP contribution in [0.3, 0.4) is 0 Å². The molecule has 8 atom stereocenters. The molecule has 0 aromatic carbocycles. The van der Waals surface area contributed by atoms with Gasteiger partial charge >= 0.3 is 39.5 Å². The van der Waals surface area contributed by atoms with E-state index in [1.807, 2.05) is 0 Å². The van der Waals surface area contributed by atoms with Gasteiger partial charge in [0.15, 0.2) is 12.2 Å². The predicted octanol–water partition coefficient (Wildman–Crippen LogP) is 22.0. The molecule has 564 valence electrons. The Kier molecular flexibility index (Phi) is 64.0. The molecule has 0 aliphatic rings. The van der Waals surface area contributed by atoms with Gasteiger partial charge in [0.2, 0.25) is 0 Å². The van der Waals surface area contributed by atoms with E-state index in [2.05, 4.69) is 55.4 Å². The molecule has 0 heterocycles. The van der Waals surface area contributed by atoms with Gasteiger partial charge in [0.25, 0.3) is 0 Å². The van der Waals surface area contributed by atoms with Gasteiger partial charge in [-0.1, -0.05) is 331 Å². The lowest BCUT2D eigenvalue weighted by atomic mass is 9.99. The quantitative estimate of drug-likeness (QED) is 0.0222. The number of unbranched alkanes of at least 4 members (excludes halogenated alkanes) is 36. The summed E-state index contributed by atoms with van der Waals surface area (Å²) in [5.41, 5.74) is 0. The number of carbonyl (C=O) groups excluding carboxylic acids is 4. The first kappa shape index (κ1) is 93.1. The van der Waals surface area contributed by atoms with E-state index in [-0.39, 0.29) is 25.7 Å². The summed E-state index contributed by atoms with van der Waals surface area (Å²) in [6.07, 6.45) is 49.8. The zero-order valence-corrected chi connectivity index (χ0v) is 64.1. The molecular weight excluding hydrogens is 1250 g/mol. The van der Waals surface area contributed by atoms with E-state index in [0.717, 1.165) is 120 Å². The van der Waals surface area contributed by atoms with Crippen LogP contribution in [0.15, 0.2) is 0 Å². The number of hydrogen-bond acceptors (Lipinski definition) is 15. The zero-order valence-electron chi connectivity index (χ0n) is 62.3. The number of hydrogen-bond donors (Lipinski definition) is 3. The van der Waals surface area contributed by atoms with Crippen molar-refractivity contribution < 1.29 is 80.2 Å². The summed E-state index contributed by atoms with van der Waals surface area (Å²) < 4.78 is 68.5. The molecule has 0 saturated carbocycles. The highest BCUT2D eigenvalue weighted by molar-refractivity contribution is 7.47. The van der Waals surface area contributed by atoms with Crippen LogP contribution in [0.4, 0.5) is 0 Å². The first-order valence-corrected chi connectivity index (χ1v) is 42.3. The van der Waals surface area contributed by atoms with Gasteiger partial charge in [-0.2, -0.15) is 0 Å². The van der Waals surface area contributed by atoms with Crippen molar-refractivity contribution in [1.82, 2.24) is 0 Å². The van der Waals surface area contributed by atoms with Crippen LogP contribution in [-0.4, -0.2) is 96.7 Å². The minimum Gasteiger partial charge on any atom is -0.462 e. The molecule has 0 rings (SSSR count). The highest BCUT2D eigenvalue weighted by Gasteiger charge is 2.30. The average Bonchev–Trinajstić information content (AvgIpc) is 1.77. The van der Waals surface area contributed by atoms with Gasteiger partial charge in [0, 0.05) is 25.7 Å². The lowest BCUT2D eigenvalue weighted by Crippen LogP contribution is -2.30. The van der Waals surface area contributed by atoms with Gasteiger partial charge in [-0.15, -0.1) is 0 Å². The van der Waals surface area contributed by atoms with Crippen molar-refractivity contribution in [2.24, 2.45) is 23.7 Å². The third kappa shape index (κ3) is 66.4. The molecule has 19 heteroatoms. The summed E-state index contributed by atoms with van der Waals surface area (Å²) in [5.74, 6) is 1.01. The molecule has 0 aliphatic carbocycles. The van der Waals surface area contributed by atoms with E-state index < -0.39 is 97.5 Å². The van der Waals surface area contributed by atoms with Crippen LogP contribution in [-0.2, 0) is 65.4 Å². The summed E-state index contributed by atoms with van der Waals surface area (Å²) in [4.78, 5) is 72.8. The molecule has 0 radical (unpaired) electrons. The average molecular weight is 1400 g/mol. The van der Waals surface area contributed by atoms with Crippen molar-refractivity contribution in [2.75, 3.05) is 39.6 Å². The van der Waals surface area contributed by atoms with Crippen LogP contribution >= 0.6 is 15.6 Å². The van der Waals surface area contributed by atoms with Crippen molar-refractivity contribution in [3.63, 3.8) is 0 Å². The smallest absolute Gasteiger partial charge is 0.462 e. The molecular formula is C76H148O17P2. The fraction of sp³-hybridized carbons (Fsp3) is 0.947. The van der Waals surface area contributed by atoms with Gasteiger partial charge in [0.05, 0.1) is 26.4 Å². The third-order valence-corrected chi connectivity index (χ3v) is 20.6. The van der Waals surface area contributed by atoms with Crippen LogP contribution in [0.5, 0.6) is 0 Å². The molecule has 0 saturated heterocycles. The highest BCUT2D eigenvalue weighted by atomic mass is 31.2. The minimum absolute atomic E-state index is 0.105. The molecule has 5 unspecified atom stereocenters. The Labute approximate surface area is 581 Å². The first-order chi connectivity index (χ1) is 45.7. The van der Waals surface area contributed by atoms with Gasteiger partial charge in [0.1, 0.15) is 19.3 Å². The number of carbonyl (C=O) groups is 4. The van der Waals surface area contributed by atoms with E-state index in [0.29, 0.717) is 25.7 Å². The number of esters is 4. The molecule has 0 amide bonds. The summed E-state index contributed by atoms with van der Waals surface area (Å²) >= 11 is 0. The second-order valence-corrected chi connectivity index (χ2v) is 31.5.